The van der Waals surface area contributed by atoms with Gasteiger partial charge in [-0.15, -0.1) is 0 Å². The number of nitrogens with one attached hydrogen (secondary N) is 1. The Hall–Kier alpha value is -2.11. The molecule has 166 valence electrons. The molecule has 1 fully saturated rings. The van der Waals surface area contributed by atoms with Crippen molar-refractivity contribution in [1.29, 1.82) is 0 Å². The molecule has 1 saturated carbocycles. The molecular formula is C24H27Cl2FN2O2. The Kier molecular flexibility index (Phi) is 8.33. The van der Waals surface area contributed by atoms with Gasteiger partial charge in [-0.3, -0.25) is 9.59 Å². The lowest BCUT2D eigenvalue weighted by Gasteiger charge is -2.31. The lowest BCUT2D eigenvalue weighted by Crippen LogP contribution is -2.50. The number of carbonyl (C=O) groups excluding carboxylic acids is 2. The topological polar surface area (TPSA) is 49.4 Å². The van der Waals surface area contributed by atoms with Crippen LogP contribution < -0.4 is 5.32 Å². The molecule has 3 rings (SSSR count). The molecule has 1 aliphatic carbocycles. The first kappa shape index (κ1) is 23.6. The van der Waals surface area contributed by atoms with Crippen molar-refractivity contribution in [2.45, 2.75) is 64.1 Å². The molecule has 0 saturated heterocycles. The normalized spacial score (nSPS) is 15.4. The number of hydrogen-bond donors (Lipinski definition) is 1. The minimum Gasteiger partial charge on any atom is -0.352 e. The van der Waals surface area contributed by atoms with Crippen molar-refractivity contribution in [2.75, 3.05) is 0 Å². The quantitative estimate of drug-likeness (QED) is 0.584. The Morgan fingerprint density at radius 1 is 1.06 bits per heavy atom. The zero-order chi connectivity index (χ0) is 22.4. The zero-order valence-electron chi connectivity index (χ0n) is 17.5. The molecule has 1 atom stereocenters. The van der Waals surface area contributed by atoms with Gasteiger partial charge in [-0.05, 0) is 43.5 Å². The summed E-state index contributed by atoms with van der Waals surface area (Å²) in [6, 6.07) is 10.9. The molecule has 0 spiro atoms. The van der Waals surface area contributed by atoms with E-state index < -0.39 is 17.8 Å². The summed E-state index contributed by atoms with van der Waals surface area (Å²) < 4.78 is 14.3. The first-order valence-corrected chi connectivity index (χ1v) is 11.4. The highest BCUT2D eigenvalue weighted by atomic mass is 35.5. The Morgan fingerprint density at radius 2 is 1.74 bits per heavy atom. The maximum absolute atomic E-state index is 14.3. The lowest BCUT2D eigenvalue weighted by molar-refractivity contribution is -0.140. The fourth-order valence-corrected chi connectivity index (χ4v) is 4.34. The van der Waals surface area contributed by atoms with Crippen molar-refractivity contribution in [2.24, 2.45) is 0 Å². The molecule has 1 N–H and O–H groups in total. The van der Waals surface area contributed by atoms with Gasteiger partial charge in [0, 0.05) is 28.2 Å². The van der Waals surface area contributed by atoms with Crippen LogP contribution in [0.2, 0.25) is 10.0 Å². The number of hydrogen-bond acceptors (Lipinski definition) is 2. The number of halogens is 3. The largest absolute Gasteiger partial charge is 0.352 e. The van der Waals surface area contributed by atoms with Crippen LogP contribution >= 0.6 is 23.2 Å². The van der Waals surface area contributed by atoms with E-state index in [-0.39, 0.29) is 35.5 Å². The summed E-state index contributed by atoms with van der Waals surface area (Å²) in [5, 5.41) is 3.76. The van der Waals surface area contributed by atoms with Crippen molar-refractivity contribution >= 4 is 35.0 Å². The average molecular weight is 465 g/mol. The monoisotopic (exact) mass is 464 g/mol. The molecule has 4 nitrogen and oxygen atoms in total. The van der Waals surface area contributed by atoms with Crippen LogP contribution in [0.25, 0.3) is 0 Å². The van der Waals surface area contributed by atoms with Gasteiger partial charge < -0.3 is 10.2 Å². The van der Waals surface area contributed by atoms with Crippen molar-refractivity contribution in [3.63, 3.8) is 0 Å². The lowest BCUT2D eigenvalue weighted by atomic mass is 9.95. The van der Waals surface area contributed by atoms with Crippen LogP contribution in [0.3, 0.4) is 0 Å². The molecule has 0 unspecified atom stereocenters. The van der Waals surface area contributed by atoms with Crippen LogP contribution in [0.5, 0.6) is 0 Å². The molecule has 0 aromatic heterocycles. The van der Waals surface area contributed by atoms with Crippen molar-refractivity contribution in [3.05, 3.63) is 69.5 Å². The van der Waals surface area contributed by atoms with Crippen LogP contribution in [0.1, 0.15) is 50.2 Å². The Bertz CT molecular complexity index is 911. The van der Waals surface area contributed by atoms with Crippen LogP contribution in [0.15, 0.2) is 42.5 Å². The highest BCUT2D eigenvalue weighted by Crippen LogP contribution is 2.24. The molecule has 7 heteroatoms. The molecule has 2 aromatic rings. The average Bonchev–Trinajstić information content (AvgIpc) is 2.76. The Morgan fingerprint density at radius 3 is 2.42 bits per heavy atom. The molecule has 0 bridgehead atoms. The standard InChI is InChI=1S/C24H27Cl2FN2O2/c1-16(24(31)28-18-9-3-2-4-10-18)29(15-17-8-5-6-11-20(17)25)23(30)14-19-21(26)12-7-13-22(19)27/h5-8,11-13,16,18H,2-4,9-10,14-15H2,1H3,(H,28,31)/t16-/m0/s1. The third kappa shape index (κ3) is 6.20. The summed E-state index contributed by atoms with van der Waals surface area (Å²) >= 11 is 12.4. The number of carbonyl (C=O) groups is 2. The summed E-state index contributed by atoms with van der Waals surface area (Å²) in [5.74, 6) is -1.15. The molecule has 0 aliphatic heterocycles. The molecule has 0 radical (unpaired) electrons. The predicted octanol–water partition coefficient (Wildman–Crippen LogP) is 5.54. The molecule has 2 amide bonds. The van der Waals surface area contributed by atoms with E-state index in [1.165, 1.54) is 23.5 Å². The van der Waals surface area contributed by atoms with Gasteiger partial charge in [-0.25, -0.2) is 4.39 Å². The van der Waals surface area contributed by atoms with E-state index in [0.717, 1.165) is 31.2 Å². The number of benzene rings is 2. The summed E-state index contributed by atoms with van der Waals surface area (Å²) in [4.78, 5) is 27.7. The van der Waals surface area contributed by atoms with Crippen molar-refractivity contribution in [1.82, 2.24) is 10.2 Å². The Balaban J connectivity index is 1.82. The van der Waals surface area contributed by atoms with Gasteiger partial charge in [0.2, 0.25) is 11.8 Å². The van der Waals surface area contributed by atoms with E-state index in [1.807, 2.05) is 12.1 Å². The number of rotatable bonds is 7. The fourth-order valence-electron chi connectivity index (χ4n) is 3.92. The third-order valence-corrected chi connectivity index (χ3v) is 6.53. The minimum atomic E-state index is -0.740. The van der Waals surface area contributed by atoms with Gasteiger partial charge in [0.05, 0.1) is 6.42 Å². The van der Waals surface area contributed by atoms with E-state index in [2.05, 4.69) is 5.32 Å². The van der Waals surface area contributed by atoms with E-state index >= 15 is 0 Å². The fraction of sp³-hybridized carbons (Fsp3) is 0.417. The highest BCUT2D eigenvalue weighted by Gasteiger charge is 2.29. The molecular weight excluding hydrogens is 438 g/mol. The zero-order valence-corrected chi connectivity index (χ0v) is 19.1. The molecule has 1 aliphatic rings. The van der Waals surface area contributed by atoms with E-state index in [4.69, 9.17) is 23.2 Å². The minimum absolute atomic E-state index is 0.123. The smallest absolute Gasteiger partial charge is 0.242 e. The molecule has 31 heavy (non-hydrogen) atoms. The van der Waals surface area contributed by atoms with Gasteiger partial charge in [0.25, 0.3) is 0 Å². The summed E-state index contributed by atoms with van der Waals surface area (Å²) in [5.41, 5.74) is 0.840. The second kappa shape index (κ2) is 11.0. The third-order valence-electron chi connectivity index (χ3n) is 5.81. The van der Waals surface area contributed by atoms with Crippen molar-refractivity contribution in [3.8, 4) is 0 Å². The maximum Gasteiger partial charge on any atom is 0.242 e. The van der Waals surface area contributed by atoms with E-state index in [0.29, 0.717) is 5.02 Å². The van der Waals surface area contributed by atoms with E-state index in [9.17, 15) is 14.0 Å². The predicted molar refractivity (Wildman–Crippen MR) is 122 cm³/mol. The van der Waals surface area contributed by atoms with Crippen LogP contribution in [0, 0.1) is 5.82 Å². The number of nitrogens with zero attached hydrogens (tertiary/aromatic N) is 1. The SMILES string of the molecule is C[C@@H](C(=O)NC1CCCCC1)N(Cc1ccccc1Cl)C(=O)Cc1c(F)cccc1Cl. The van der Waals surface area contributed by atoms with Crippen LogP contribution in [-0.2, 0) is 22.6 Å². The summed E-state index contributed by atoms with van der Waals surface area (Å²) in [7, 11) is 0. The van der Waals surface area contributed by atoms with Crippen molar-refractivity contribution < 1.29 is 14.0 Å². The first-order valence-electron chi connectivity index (χ1n) is 10.6. The van der Waals surface area contributed by atoms with Gasteiger partial charge in [-0.2, -0.15) is 0 Å². The number of amides is 2. The molecule has 2 aromatic carbocycles. The summed E-state index contributed by atoms with van der Waals surface area (Å²) in [6.45, 7) is 1.83. The van der Waals surface area contributed by atoms with Crippen LogP contribution in [0.4, 0.5) is 4.39 Å². The van der Waals surface area contributed by atoms with Gasteiger partial charge >= 0.3 is 0 Å². The second-order valence-electron chi connectivity index (χ2n) is 8.01. The summed E-state index contributed by atoms with van der Waals surface area (Å²) in [6.07, 6.45) is 5.02. The Labute approximate surface area is 192 Å². The van der Waals surface area contributed by atoms with Gasteiger partial charge in [0.1, 0.15) is 11.9 Å². The van der Waals surface area contributed by atoms with Gasteiger partial charge in [0.15, 0.2) is 0 Å². The maximum atomic E-state index is 14.3. The molecule has 0 heterocycles. The van der Waals surface area contributed by atoms with E-state index in [1.54, 1.807) is 25.1 Å². The van der Waals surface area contributed by atoms with Gasteiger partial charge in [-0.1, -0.05) is 66.7 Å². The first-order chi connectivity index (χ1) is 14.9. The highest BCUT2D eigenvalue weighted by molar-refractivity contribution is 6.31. The second-order valence-corrected chi connectivity index (χ2v) is 8.82. The van der Waals surface area contributed by atoms with Crippen LogP contribution in [-0.4, -0.2) is 28.8 Å².